The predicted octanol–water partition coefficient (Wildman–Crippen LogP) is 7.59. The first-order valence-electron chi connectivity index (χ1n) is 13.0. The molecule has 2 N–H and O–H groups in total. The average Bonchev–Trinajstić information content (AvgIpc) is 3.88. The van der Waals surface area contributed by atoms with Crippen LogP contribution in [0.1, 0.15) is 35.8 Å². The minimum Gasteiger partial charge on any atom is -0.326 e. The number of nitrogens with zero attached hydrogens (tertiary/aromatic N) is 2. The van der Waals surface area contributed by atoms with Gasteiger partial charge in [0.1, 0.15) is 5.69 Å². The van der Waals surface area contributed by atoms with E-state index in [0.29, 0.717) is 22.7 Å². The number of carbonyl (C=O) groups excluding carboxylic acids is 2. The number of nitrogens with one attached hydrogen (secondary N) is 2. The fourth-order valence-electron chi connectivity index (χ4n) is 4.97. The van der Waals surface area contributed by atoms with Gasteiger partial charge >= 0.3 is 0 Å². The van der Waals surface area contributed by atoms with E-state index in [1.807, 2.05) is 66.7 Å². The zero-order chi connectivity index (χ0) is 25.9. The zero-order valence-corrected chi connectivity index (χ0v) is 20.8. The Bertz CT molecular complexity index is 1470. The summed E-state index contributed by atoms with van der Waals surface area (Å²) in [6.45, 7) is 0. The zero-order valence-electron chi connectivity index (χ0n) is 20.8. The van der Waals surface area contributed by atoms with Crippen molar-refractivity contribution in [3.05, 3.63) is 120 Å². The Balaban J connectivity index is 1.19. The highest BCUT2D eigenvalue weighted by molar-refractivity contribution is 6.00. The summed E-state index contributed by atoms with van der Waals surface area (Å²) in [6.07, 6.45) is 1.65. The summed E-state index contributed by atoms with van der Waals surface area (Å²) in [4.78, 5) is 26.1. The molecule has 0 saturated heterocycles. The van der Waals surface area contributed by atoms with Crippen molar-refractivity contribution in [1.29, 1.82) is 0 Å². The molecule has 6 nitrogen and oxygen atoms in total. The first-order chi connectivity index (χ1) is 18.7. The van der Waals surface area contributed by atoms with Crippen LogP contribution in [0.5, 0.6) is 0 Å². The van der Waals surface area contributed by atoms with Crippen LogP contribution < -0.4 is 10.6 Å². The maximum atomic E-state index is 13.2. The molecule has 6 rings (SSSR count). The highest BCUT2D eigenvalue weighted by Crippen LogP contribution is 2.49. The summed E-state index contributed by atoms with van der Waals surface area (Å²) >= 11 is 0. The highest BCUT2D eigenvalue weighted by atomic mass is 16.2. The van der Waals surface area contributed by atoms with Gasteiger partial charge in [-0.05, 0) is 66.1 Å². The van der Waals surface area contributed by atoms with Crippen molar-refractivity contribution in [1.82, 2.24) is 0 Å². The van der Waals surface area contributed by atoms with Gasteiger partial charge in [-0.1, -0.05) is 78.9 Å². The Morgan fingerprint density at radius 3 is 1.71 bits per heavy atom. The Hall–Kier alpha value is -4.58. The number of hydrogen-bond donors (Lipinski definition) is 2. The molecular formula is C32H28N4O2. The third-order valence-electron chi connectivity index (χ3n) is 7.26. The first-order valence-corrected chi connectivity index (χ1v) is 13.0. The third-order valence-corrected chi connectivity index (χ3v) is 7.26. The maximum Gasteiger partial charge on any atom is 0.228 e. The van der Waals surface area contributed by atoms with E-state index in [1.165, 1.54) is 11.1 Å². The standard InChI is InChI=1S/C32H28N4O2/c37-31(27-19-25(27)21-10-4-1-5-11-21)33-24-16-17-29(36-35-23-14-8-3-9-15-23)30(18-24)34-32(38)28-20-26(28)22-12-6-2-7-13-22/h1-18,25-28H,19-20H2,(H,33,37)(H,34,38). The summed E-state index contributed by atoms with van der Waals surface area (Å²) in [7, 11) is 0. The predicted molar refractivity (Wildman–Crippen MR) is 149 cm³/mol. The van der Waals surface area contributed by atoms with Crippen LogP contribution in [-0.4, -0.2) is 11.8 Å². The summed E-state index contributed by atoms with van der Waals surface area (Å²) in [5.74, 6) is 0.266. The molecule has 0 radical (unpaired) electrons. The van der Waals surface area contributed by atoms with Crippen LogP contribution in [0.25, 0.3) is 0 Å². The monoisotopic (exact) mass is 500 g/mol. The Labute approximate surface area is 221 Å². The van der Waals surface area contributed by atoms with Crippen molar-refractivity contribution < 1.29 is 9.59 Å². The van der Waals surface area contributed by atoms with E-state index in [9.17, 15) is 9.59 Å². The first kappa shape index (κ1) is 23.8. The molecule has 0 spiro atoms. The number of rotatable bonds is 8. The minimum absolute atomic E-state index is 0.0128. The SMILES string of the molecule is O=C(Nc1ccc(N=Nc2ccccc2)c(NC(=O)C2CC2c2ccccc2)c1)C1CC1c1ccccc1. The fourth-order valence-corrected chi connectivity index (χ4v) is 4.97. The number of benzene rings is 4. The van der Waals surface area contributed by atoms with E-state index in [4.69, 9.17) is 0 Å². The van der Waals surface area contributed by atoms with Gasteiger partial charge in [-0.2, -0.15) is 5.11 Å². The lowest BCUT2D eigenvalue weighted by Gasteiger charge is -2.11. The molecule has 0 aliphatic heterocycles. The molecule has 0 heterocycles. The van der Waals surface area contributed by atoms with Gasteiger partial charge in [-0.3, -0.25) is 9.59 Å². The van der Waals surface area contributed by atoms with Crippen molar-refractivity contribution in [2.45, 2.75) is 24.7 Å². The normalized spacial score (nSPS) is 21.6. The van der Waals surface area contributed by atoms with Crippen molar-refractivity contribution >= 4 is 34.6 Å². The third kappa shape index (κ3) is 5.39. The molecule has 4 atom stereocenters. The topological polar surface area (TPSA) is 82.9 Å². The molecule has 2 fully saturated rings. The maximum absolute atomic E-state index is 13.2. The molecule has 0 aromatic heterocycles. The summed E-state index contributed by atoms with van der Waals surface area (Å²) in [5, 5.41) is 14.8. The van der Waals surface area contributed by atoms with Crippen LogP contribution in [0.3, 0.4) is 0 Å². The van der Waals surface area contributed by atoms with Crippen LogP contribution in [0, 0.1) is 11.8 Å². The van der Waals surface area contributed by atoms with E-state index in [-0.39, 0.29) is 35.5 Å². The lowest BCUT2D eigenvalue weighted by Crippen LogP contribution is -2.16. The molecule has 4 aromatic carbocycles. The van der Waals surface area contributed by atoms with Crippen LogP contribution in [0.15, 0.2) is 119 Å². The summed E-state index contributed by atoms with van der Waals surface area (Å²) < 4.78 is 0. The van der Waals surface area contributed by atoms with Gasteiger partial charge in [0, 0.05) is 17.5 Å². The van der Waals surface area contributed by atoms with Crippen LogP contribution in [0.2, 0.25) is 0 Å². The Kier molecular flexibility index (Phi) is 6.53. The molecule has 4 unspecified atom stereocenters. The van der Waals surface area contributed by atoms with Crippen LogP contribution in [-0.2, 0) is 9.59 Å². The second kappa shape index (κ2) is 10.4. The Morgan fingerprint density at radius 2 is 1.13 bits per heavy atom. The quantitative estimate of drug-likeness (QED) is 0.244. The van der Waals surface area contributed by atoms with Crippen LogP contribution >= 0.6 is 0 Å². The lowest BCUT2D eigenvalue weighted by molar-refractivity contribution is -0.118. The largest absolute Gasteiger partial charge is 0.326 e. The lowest BCUT2D eigenvalue weighted by atomic mass is 10.1. The number of hydrogen-bond acceptors (Lipinski definition) is 4. The molecular weight excluding hydrogens is 472 g/mol. The average molecular weight is 501 g/mol. The van der Waals surface area contributed by atoms with Crippen LogP contribution in [0.4, 0.5) is 22.7 Å². The van der Waals surface area contributed by atoms with Gasteiger partial charge < -0.3 is 10.6 Å². The van der Waals surface area contributed by atoms with E-state index < -0.39 is 0 Å². The van der Waals surface area contributed by atoms with Crippen molar-refractivity contribution in [2.24, 2.45) is 22.1 Å². The minimum atomic E-state index is -0.0901. The number of azo groups is 1. The van der Waals surface area contributed by atoms with Gasteiger partial charge in [0.05, 0.1) is 11.4 Å². The van der Waals surface area contributed by atoms with E-state index in [2.05, 4.69) is 45.1 Å². The molecule has 2 amide bonds. The number of anilines is 2. The van der Waals surface area contributed by atoms with E-state index in [0.717, 1.165) is 12.8 Å². The van der Waals surface area contributed by atoms with Gasteiger partial charge in [0.15, 0.2) is 0 Å². The number of carbonyl (C=O) groups is 2. The molecule has 6 heteroatoms. The van der Waals surface area contributed by atoms with Crippen molar-refractivity contribution in [3.8, 4) is 0 Å². The van der Waals surface area contributed by atoms with Gasteiger partial charge in [0.25, 0.3) is 0 Å². The van der Waals surface area contributed by atoms with Gasteiger partial charge in [-0.25, -0.2) is 0 Å². The second-order valence-corrected chi connectivity index (χ2v) is 9.96. The smallest absolute Gasteiger partial charge is 0.228 e. The molecule has 2 aliphatic rings. The fraction of sp³-hybridized carbons (Fsp3) is 0.188. The van der Waals surface area contributed by atoms with Crippen molar-refractivity contribution in [3.63, 3.8) is 0 Å². The summed E-state index contributed by atoms with van der Waals surface area (Å²) in [6, 6.07) is 35.0. The van der Waals surface area contributed by atoms with Gasteiger partial charge in [0.2, 0.25) is 11.8 Å². The highest BCUT2D eigenvalue weighted by Gasteiger charge is 2.45. The van der Waals surface area contributed by atoms with Crippen molar-refractivity contribution in [2.75, 3.05) is 10.6 Å². The molecule has 2 saturated carbocycles. The summed E-state index contributed by atoms with van der Waals surface area (Å²) in [5.41, 5.74) is 4.77. The molecule has 38 heavy (non-hydrogen) atoms. The molecule has 4 aromatic rings. The number of amides is 2. The molecule has 0 bridgehead atoms. The Morgan fingerprint density at radius 1 is 0.605 bits per heavy atom. The van der Waals surface area contributed by atoms with E-state index in [1.54, 1.807) is 18.2 Å². The second-order valence-electron chi connectivity index (χ2n) is 9.96. The van der Waals surface area contributed by atoms with Gasteiger partial charge in [-0.15, -0.1) is 5.11 Å². The molecule has 188 valence electrons. The van der Waals surface area contributed by atoms with E-state index >= 15 is 0 Å². The molecule has 2 aliphatic carbocycles.